The first-order valence-corrected chi connectivity index (χ1v) is 6.13. The van der Waals surface area contributed by atoms with E-state index < -0.39 is 0 Å². The third-order valence-corrected chi connectivity index (χ3v) is 3.26. The molecule has 0 amide bonds. The Morgan fingerprint density at radius 3 is 2.81 bits per heavy atom. The van der Waals surface area contributed by atoms with Crippen molar-refractivity contribution in [1.29, 1.82) is 0 Å². The number of nitrogens with two attached hydrogens (primary N) is 1. The van der Waals surface area contributed by atoms with Crippen LogP contribution in [0, 0.1) is 0 Å². The average molecular weight is 233 g/mol. The molecule has 0 aliphatic carbocycles. The van der Waals surface area contributed by atoms with Crippen molar-refractivity contribution in [2.24, 2.45) is 5.84 Å². The Morgan fingerprint density at radius 1 is 1.38 bits per heavy atom. The fraction of sp³-hybridized carbons (Fsp3) is 0.250. The van der Waals surface area contributed by atoms with Crippen molar-refractivity contribution < 1.29 is 0 Å². The number of hydrazine groups is 1. The van der Waals surface area contributed by atoms with Crippen molar-refractivity contribution in [2.75, 3.05) is 0 Å². The summed E-state index contributed by atoms with van der Waals surface area (Å²) in [7, 11) is 0. The topological polar surface area (TPSA) is 50.9 Å². The summed E-state index contributed by atoms with van der Waals surface area (Å²) in [5.41, 5.74) is 4.94. The van der Waals surface area contributed by atoms with Crippen LogP contribution < -0.4 is 11.3 Å². The second-order valence-electron chi connectivity index (χ2n) is 3.76. The van der Waals surface area contributed by atoms with Crippen molar-refractivity contribution in [3.05, 3.63) is 40.7 Å². The molecule has 0 saturated carbocycles. The maximum absolute atomic E-state index is 5.36. The quantitative estimate of drug-likeness (QED) is 0.629. The van der Waals surface area contributed by atoms with Gasteiger partial charge in [-0.25, -0.2) is 4.98 Å². The van der Waals surface area contributed by atoms with Gasteiger partial charge in [0.2, 0.25) is 0 Å². The van der Waals surface area contributed by atoms with Crippen molar-refractivity contribution in [3.8, 4) is 11.3 Å². The van der Waals surface area contributed by atoms with E-state index in [1.165, 1.54) is 5.56 Å². The summed E-state index contributed by atoms with van der Waals surface area (Å²) < 4.78 is 0. The summed E-state index contributed by atoms with van der Waals surface area (Å²) in [4.78, 5) is 4.59. The average Bonchev–Trinajstić information content (AvgIpc) is 2.78. The van der Waals surface area contributed by atoms with Gasteiger partial charge in [0.1, 0.15) is 0 Å². The lowest BCUT2D eigenvalue weighted by Gasteiger charge is -2.05. The Hall–Kier alpha value is -1.23. The van der Waals surface area contributed by atoms with Crippen LogP contribution in [0.2, 0.25) is 0 Å². The molecule has 3 N–H and O–H groups in total. The van der Waals surface area contributed by atoms with Crippen LogP contribution >= 0.6 is 11.3 Å². The molecule has 3 nitrogen and oxygen atoms in total. The van der Waals surface area contributed by atoms with Gasteiger partial charge in [-0.05, 0) is 6.92 Å². The van der Waals surface area contributed by atoms with Gasteiger partial charge in [-0.3, -0.25) is 11.3 Å². The maximum atomic E-state index is 5.36. The molecule has 0 spiro atoms. The molecule has 84 valence electrons. The van der Waals surface area contributed by atoms with E-state index in [4.69, 9.17) is 5.84 Å². The van der Waals surface area contributed by atoms with E-state index in [1.54, 1.807) is 11.3 Å². The number of nitrogens with one attached hydrogen (secondary N) is 1. The van der Waals surface area contributed by atoms with E-state index in [0.717, 1.165) is 17.1 Å². The highest BCUT2D eigenvalue weighted by Crippen LogP contribution is 2.22. The number of hydrogen-bond donors (Lipinski definition) is 2. The van der Waals surface area contributed by atoms with Gasteiger partial charge in [0, 0.05) is 23.4 Å². The lowest BCUT2D eigenvalue weighted by atomic mass is 10.2. The third-order valence-electron chi connectivity index (χ3n) is 2.39. The highest BCUT2D eigenvalue weighted by Gasteiger charge is 2.07. The van der Waals surface area contributed by atoms with E-state index in [9.17, 15) is 0 Å². The van der Waals surface area contributed by atoms with E-state index >= 15 is 0 Å². The Bertz CT molecular complexity index is 439. The van der Waals surface area contributed by atoms with Gasteiger partial charge < -0.3 is 0 Å². The molecule has 4 heteroatoms. The van der Waals surface area contributed by atoms with Crippen LogP contribution in [0.25, 0.3) is 11.3 Å². The summed E-state index contributed by atoms with van der Waals surface area (Å²) in [5.74, 6) is 5.36. The Morgan fingerprint density at radius 2 is 2.12 bits per heavy atom. The number of benzene rings is 1. The number of aromatic nitrogens is 1. The predicted molar refractivity (Wildman–Crippen MR) is 68.0 cm³/mol. The summed E-state index contributed by atoms with van der Waals surface area (Å²) in [5, 5.41) is 3.21. The molecule has 1 atom stereocenters. The summed E-state index contributed by atoms with van der Waals surface area (Å²) in [6, 6.07) is 10.5. The van der Waals surface area contributed by atoms with Crippen molar-refractivity contribution in [1.82, 2.24) is 10.4 Å². The molecule has 1 unspecified atom stereocenters. The first-order valence-electron chi connectivity index (χ1n) is 5.25. The summed E-state index contributed by atoms with van der Waals surface area (Å²) >= 11 is 1.68. The smallest absolute Gasteiger partial charge is 0.0948 e. The van der Waals surface area contributed by atoms with E-state index in [1.807, 2.05) is 25.1 Å². The lowest BCUT2D eigenvalue weighted by molar-refractivity contribution is 0.567. The van der Waals surface area contributed by atoms with Crippen LogP contribution in [0.4, 0.5) is 0 Å². The molecule has 1 aromatic carbocycles. The number of thiazole rings is 1. The van der Waals surface area contributed by atoms with Crippen molar-refractivity contribution >= 4 is 11.3 Å². The van der Waals surface area contributed by atoms with Gasteiger partial charge >= 0.3 is 0 Å². The minimum Gasteiger partial charge on any atom is -0.271 e. The normalized spacial score (nSPS) is 12.6. The molecule has 1 aromatic heterocycles. The number of rotatable bonds is 4. The molecular formula is C12H15N3S. The molecule has 0 aliphatic rings. The van der Waals surface area contributed by atoms with Crippen LogP contribution in [0.3, 0.4) is 0 Å². The molecule has 0 aliphatic heterocycles. The van der Waals surface area contributed by atoms with Crippen LogP contribution in [-0.4, -0.2) is 11.0 Å². The number of nitrogens with zero attached hydrogens (tertiary/aromatic N) is 1. The van der Waals surface area contributed by atoms with Gasteiger partial charge in [0.25, 0.3) is 0 Å². The van der Waals surface area contributed by atoms with Crippen LogP contribution in [0.5, 0.6) is 0 Å². The minimum absolute atomic E-state index is 0.259. The zero-order chi connectivity index (χ0) is 11.4. The van der Waals surface area contributed by atoms with Gasteiger partial charge in [-0.2, -0.15) is 0 Å². The van der Waals surface area contributed by atoms with E-state index in [-0.39, 0.29) is 6.04 Å². The van der Waals surface area contributed by atoms with Crippen LogP contribution in [-0.2, 0) is 6.42 Å². The number of hydrogen-bond acceptors (Lipinski definition) is 4. The van der Waals surface area contributed by atoms with Gasteiger partial charge in [-0.15, -0.1) is 11.3 Å². The maximum Gasteiger partial charge on any atom is 0.0948 e. The third kappa shape index (κ3) is 2.66. The zero-order valence-corrected chi connectivity index (χ0v) is 10.00. The van der Waals surface area contributed by atoms with E-state index in [0.29, 0.717) is 0 Å². The fourth-order valence-corrected chi connectivity index (χ4v) is 2.40. The monoisotopic (exact) mass is 233 g/mol. The second kappa shape index (κ2) is 5.21. The van der Waals surface area contributed by atoms with Crippen LogP contribution in [0.15, 0.2) is 35.7 Å². The standard InChI is InChI=1S/C12H15N3S/c1-9(15-13)7-12-14-11(8-16-12)10-5-3-2-4-6-10/h2-6,8-9,15H,7,13H2,1H3. The van der Waals surface area contributed by atoms with Crippen LogP contribution in [0.1, 0.15) is 11.9 Å². The Labute approximate surface area is 99.3 Å². The molecule has 0 radical (unpaired) electrons. The van der Waals surface area contributed by atoms with Crippen molar-refractivity contribution in [2.45, 2.75) is 19.4 Å². The Kier molecular flexibility index (Phi) is 3.66. The summed E-state index contributed by atoms with van der Waals surface area (Å²) in [6.45, 7) is 2.05. The molecule has 0 fully saturated rings. The van der Waals surface area contributed by atoms with Gasteiger partial charge in [0.15, 0.2) is 0 Å². The predicted octanol–water partition coefficient (Wildman–Crippen LogP) is 2.20. The largest absolute Gasteiger partial charge is 0.271 e. The molecular weight excluding hydrogens is 218 g/mol. The SMILES string of the molecule is CC(Cc1nc(-c2ccccc2)cs1)NN. The van der Waals surface area contributed by atoms with Gasteiger partial charge in [-0.1, -0.05) is 30.3 Å². The highest BCUT2D eigenvalue weighted by molar-refractivity contribution is 7.09. The highest BCUT2D eigenvalue weighted by atomic mass is 32.1. The molecule has 2 aromatic rings. The first kappa shape index (κ1) is 11.3. The molecule has 0 saturated heterocycles. The first-order chi connectivity index (χ1) is 7.79. The fourth-order valence-electron chi connectivity index (χ4n) is 1.47. The van der Waals surface area contributed by atoms with Crippen molar-refractivity contribution in [3.63, 3.8) is 0 Å². The lowest BCUT2D eigenvalue weighted by Crippen LogP contribution is -2.33. The molecule has 16 heavy (non-hydrogen) atoms. The zero-order valence-electron chi connectivity index (χ0n) is 9.18. The minimum atomic E-state index is 0.259. The molecule has 2 rings (SSSR count). The summed E-state index contributed by atoms with van der Waals surface area (Å²) in [6.07, 6.45) is 0.869. The molecule has 0 bridgehead atoms. The van der Waals surface area contributed by atoms with Gasteiger partial charge in [0.05, 0.1) is 10.7 Å². The molecule has 1 heterocycles. The van der Waals surface area contributed by atoms with E-state index in [2.05, 4.69) is 27.9 Å². The second-order valence-corrected chi connectivity index (χ2v) is 4.71. The Balaban J connectivity index is 2.14.